The second kappa shape index (κ2) is 4.70. The molecule has 1 saturated heterocycles. The fourth-order valence-electron chi connectivity index (χ4n) is 3.26. The Labute approximate surface area is 122 Å². The van der Waals surface area contributed by atoms with Gasteiger partial charge in [0.1, 0.15) is 5.65 Å². The van der Waals surface area contributed by atoms with E-state index in [1.54, 1.807) is 6.07 Å². The topological polar surface area (TPSA) is 62.2 Å². The first-order valence-corrected chi connectivity index (χ1v) is 7.45. The van der Waals surface area contributed by atoms with E-state index in [1.807, 2.05) is 10.6 Å². The number of aromatic nitrogens is 3. The van der Waals surface area contributed by atoms with Gasteiger partial charge in [-0.15, -0.1) is 0 Å². The SMILES string of the molecule is Cc1ccc2nn3c(C4CCNCC4)cc(=O)[nH]c3c2c1. The van der Waals surface area contributed by atoms with Gasteiger partial charge in [0.15, 0.2) is 0 Å². The Morgan fingerprint density at radius 2 is 2.05 bits per heavy atom. The van der Waals surface area contributed by atoms with Gasteiger partial charge in [-0.2, -0.15) is 5.10 Å². The molecule has 3 aromatic rings. The summed E-state index contributed by atoms with van der Waals surface area (Å²) in [5.74, 6) is 0.395. The first-order valence-electron chi connectivity index (χ1n) is 7.45. The summed E-state index contributed by atoms with van der Waals surface area (Å²) in [4.78, 5) is 15.0. The lowest BCUT2D eigenvalue weighted by atomic mass is 9.94. The third kappa shape index (κ3) is 2.05. The molecule has 2 N–H and O–H groups in total. The van der Waals surface area contributed by atoms with E-state index < -0.39 is 0 Å². The summed E-state index contributed by atoms with van der Waals surface area (Å²) in [6.07, 6.45) is 2.10. The number of nitrogens with zero attached hydrogens (tertiary/aromatic N) is 2. The summed E-state index contributed by atoms with van der Waals surface area (Å²) in [6.45, 7) is 4.05. The van der Waals surface area contributed by atoms with Crippen molar-refractivity contribution < 1.29 is 0 Å². The van der Waals surface area contributed by atoms with Crippen LogP contribution in [0.1, 0.15) is 30.0 Å². The van der Waals surface area contributed by atoms with Crippen LogP contribution < -0.4 is 10.9 Å². The van der Waals surface area contributed by atoms with Crippen LogP contribution in [0, 0.1) is 6.92 Å². The molecule has 0 bridgehead atoms. The van der Waals surface area contributed by atoms with Crippen molar-refractivity contribution in [1.29, 1.82) is 0 Å². The average Bonchev–Trinajstić information content (AvgIpc) is 2.85. The lowest BCUT2D eigenvalue weighted by Gasteiger charge is -2.23. The number of fused-ring (bicyclic) bond motifs is 3. The molecule has 2 aromatic heterocycles. The summed E-state index contributed by atoms with van der Waals surface area (Å²) in [5, 5.41) is 9.08. The van der Waals surface area contributed by atoms with E-state index in [4.69, 9.17) is 5.10 Å². The maximum atomic E-state index is 12.1. The van der Waals surface area contributed by atoms with E-state index in [-0.39, 0.29) is 5.56 Å². The molecule has 0 spiro atoms. The largest absolute Gasteiger partial charge is 0.317 e. The minimum Gasteiger partial charge on any atom is -0.317 e. The van der Waals surface area contributed by atoms with Gasteiger partial charge in [-0.05, 0) is 45.0 Å². The molecule has 5 heteroatoms. The highest BCUT2D eigenvalue weighted by molar-refractivity contribution is 5.92. The molecule has 0 unspecified atom stereocenters. The molecule has 1 aliphatic rings. The number of benzene rings is 1. The van der Waals surface area contributed by atoms with Gasteiger partial charge in [0, 0.05) is 17.4 Å². The molecule has 108 valence electrons. The van der Waals surface area contributed by atoms with E-state index in [0.717, 1.165) is 48.2 Å². The fraction of sp³-hybridized carbons (Fsp3) is 0.375. The van der Waals surface area contributed by atoms with Crippen molar-refractivity contribution >= 4 is 16.6 Å². The number of piperidine rings is 1. The van der Waals surface area contributed by atoms with Gasteiger partial charge >= 0.3 is 0 Å². The van der Waals surface area contributed by atoms with Crippen LogP contribution in [0.15, 0.2) is 29.1 Å². The van der Waals surface area contributed by atoms with Crippen molar-refractivity contribution in [1.82, 2.24) is 19.9 Å². The van der Waals surface area contributed by atoms with Gasteiger partial charge in [-0.25, -0.2) is 4.52 Å². The van der Waals surface area contributed by atoms with Crippen LogP contribution in [0.2, 0.25) is 0 Å². The Hall–Kier alpha value is -2.14. The lowest BCUT2D eigenvalue weighted by molar-refractivity contribution is 0.446. The monoisotopic (exact) mass is 282 g/mol. The highest BCUT2D eigenvalue weighted by Crippen LogP contribution is 2.27. The van der Waals surface area contributed by atoms with Crippen LogP contribution in [0.4, 0.5) is 0 Å². The maximum Gasteiger partial charge on any atom is 0.251 e. The molecule has 1 aromatic carbocycles. The quantitative estimate of drug-likeness (QED) is 0.717. The Morgan fingerprint density at radius 1 is 1.24 bits per heavy atom. The average molecular weight is 282 g/mol. The Bertz CT molecular complexity index is 871. The van der Waals surface area contributed by atoms with E-state index in [1.165, 1.54) is 5.56 Å². The van der Waals surface area contributed by atoms with Crippen LogP contribution >= 0.6 is 0 Å². The summed E-state index contributed by atoms with van der Waals surface area (Å²) >= 11 is 0. The van der Waals surface area contributed by atoms with Gasteiger partial charge in [0.05, 0.1) is 11.2 Å². The molecule has 1 fully saturated rings. The lowest BCUT2D eigenvalue weighted by Crippen LogP contribution is -2.28. The molecule has 0 atom stereocenters. The zero-order valence-electron chi connectivity index (χ0n) is 12.0. The summed E-state index contributed by atoms with van der Waals surface area (Å²) in [5.41, 5.74) is 3.90. The predicted octanol–water partition coefficient (Wildman–Crippen LogP) is 1.95. The van der Waals surface area contributed by atoms with Crippen molar-refractivity contribution in [2.45, 2.75) is 25.7 Å². The Morgan fingerprint density at radius 3 is 2.86 bits per heavy atom. The molecular formula is C16H18N4O. The molecule has 21 heavy (non-hydrogen) atoms. The molecular weight excluding hydrogens is 264 g/mol. The minimum absolute atomic E-state index is 0.0423. The maximum absolute atomic E-state index is 12.1. The van der Waals surface area contributed by atoms with E-state index >= 15 is 0 Å². The number of hydrogen-bond donors (Lipinski definition) is 2. The summed E-state index contributed by atoms with van der Waals surface area (Å²) in [7, 11) is 0. The van der Waals surface area contributed by atoms with Gasteiger partial charge in [-0.3, -0.25) is 4.79 Å². The van der Waals surface area contributed by atoms with Crippen LogP contribution in [0.5, 0.6) is 0 Å². The number of hydrogen-bond acceptors (Lipinski definition) is 3. The molecule has 0 radical (unpaired) electrons. The van der Waals surface area contributed by atoms with Crippen LogP contribution in [0.3, 0.4) is 0 Å². The number of nitrogens with one attached hydrogen (secondary N) is 2. The van der Waals surface area contributed by atoms with Crippen LogP contribution in [0.25, 0.3) is 16.6 Å². The third-order valence-electron chi connectivity index (χ3n) is 4.35. The number of rotatable bonds is 1. The molecule has 0 saturated carbocycles. The van der Waals surface area contributed by atoms with Gasteiger partial charge in [0.25, 0.3) is 5.56 Å². The van der Waals surface area contributed by atoms with E-state index in [2.05, 4.69) is 29.4 Å². The van der Waals surface area contributed by atoms with Gasteiger partial charge in [-0.1, -0.05) is 11.6 Å². The number of H-pyrrole nitrogens is 1. The minimum atomic E-state index is -0.0423. The Kier molecular flexibility index (Phi) is 2.82. The Balaban J connectivity index is 2.02. The van der Waals surface area contributed by atoms with Crippen LogP contribution in [-0.4, -0.2) is 27.7 Å². The summed E-state index contributed by atoms with van der Waals surface area (Å²) < 4.78 is 1.93. The number of aromatic amines is 1. The molecule has 0 amide bonds. The van der Waals surface area contributed by atoms with Crippen molar-refractivity contribution in [2.24, 2.45) is 0 Å². The zero-order valence-corrected chi connectivity index (χ0v) is 12.0. The normalized spacial score (nSPS) is 16.8. The summed E-state index contributed by atoms with van der Waals surface area (Å²) in [6, 6.07) is 7.86. The first-order chi connectivity index (χ1) is 10.2. The predicted molar refractivity (Wildman–Crippen MR) is 82.9 cm³/mol. The van der Waals surface area contributed by atoms with Crippen molar-refractivity contribution in [3.8, 4) is 0 Å². The molecule has 1 aliphatic heterocycles. The third-order valence-corrected chi connectivity index (χ3v) is 4.35. The van der Waals surface area contributed by atoms with Crippen molar-refractivity contribution in [3.05, 3.63) is 45.9 Å². The van der Waals surface area contributed by atoms with E-state index in [9.17, 15) is 4.79 Å². The van der Waals surface area contributed by atoms with Gasteiger partial charge in [0.2, 0.25) is 0 Å². The van der Waals surface area contributed by atoms with Crippen molar-refractivity contribution in [2.75, 3.05) is 13.1 Å². The highest BCUT2D eigenvalue weighted by Gasteiger charge is 2.20. The molecule has 0 aliphatic carbocycles. The first kappa shape index (κ1) is 12.6. The molecule has 4 rings (SSSR count). The number of aryl methyl sites for hydroxylation is 1. The molecule has 5 nitrogen and oxygen atoms in total. The van der Waals surface area contributed by atoms with Crippen LogP contribution in [-0.2, 0) is 0 Å². The second-order valence-corrected chi connectivity index (χ2v) is 5.86. The fourth-order valence-corrected chi connectivity index (χ4v) is 3.26. The molecule has 3 heterocycles. The smallest absolute Gasteiger partial charge is 0.251 e. The van der Waals surface area contributed by atoms with Crippen molar-refractivity contribution in [3.63, 3.8) is 0 Å². The highest BCUT2D eigenvalue weighted by atomic mass is 16.1. The van der Waals surface area contributed by atoms with E-state index in [0.29, 0.717) is 5.92 Å². The second-order valence-electron chi connectivity index (χ2n) is 5.86. The van der Waals surface area contributed by atoms with Gasteiger partial charge < -0.3 is 10.3 Å². The zero-order chi connectivity index (χ0) is 14.4. The standard InChI is InChI=1S/C16H18N4O/c1-10-2-3-13-12(8-10)16-18-15(21)9-14(20(16)19-13)11-4-6-17-7-5-11/h2-3,8-9,11,17H,4-7H2,1H3,(H,18,21).